The fourth-order valence-corrected chi connectivity index (χ4v) is 5.71. The van der Waals surface area contributed by atoms with Crippen LogP contribution in [0.25, 0.3) is 0 Å². The van der Waals surface area contributed by atoms with E-state index in [1.54, 1.807) is 19.1 Å². The van der Waals surface area contributed by atoms with Crippen molar-refractivity contribution in [3.63, 3.8) is 0 Å². The van der Waals surface area contributed by atoms with Crippen LogP contribution in [-0.4, -0.2) is 77.3 Å². The first-order valence-electron chi connectivity index (χ1n) is 12.9. The zero-order valence-electron chi connectivity index (χ0n) is 21.2. The molecule has 1 aliphatic carbocycles. The highest BCUT2D eigenvalue weighted by Crippen LogP contribution is 2.30. The minimum Gasteiger partial charge on any atom is -0.464 e. The number of nitrogens with zero attached hydrogens (tertiary/aromatic N) is 3. The summed E-state index contributed by atoms with van der Waals surface area (Å²) < 4.78 is 15.3. The first-order valence-corrected chi connectivity index (χ1v) is 13.6. The number of hydrogen-bond acceptors (Lipinski definition) is 9. The molecule has 0 bridgehead atoms. The third-order valence-corrected chi connectivity index (χ3v) is 7.79. The second kappa shape index (κ2) is 12.5. The van der Waals surface area contributed by atoms with Gasteiger partial charge in [-0.1, -0.05) is 19.3 Å². The van der Waals surface area contributed by atoms with E-state index < -0.39 is 17.9 Å². The SMILES string of the molecule is Cc1ccc([C@H](C(=O)NC2CCCCC2)N(CCCN2CCOCC2)C(=O)c2snc(C(N)=O)c2N)o1. The molecular weight excluding hydrogens is 496 g/mol. The van der Waals surface area contributed by atoms with Gasteiger partial charge in [-0.15, -0.1) is 0 Å². The van der Waals surface area contributed by atoms with Crippen LogP contribution in [0.3, 0.4) is 0 Å². The maximum atomic E-state index is 13.9. The van der Waals surface area contributed by atoms with E-state index in [0.717, 1.165) is 63.3 Å². The summed E-state index contributed by atoms with van der Waals surface area (Å²) in [6.07, 6.45) is 5.72. The molecular formula is C25H36N6O5S. The highest BCUT2D eigenvalue weighted by molar-refractivity contribution is 7.09. The number of aryl methyl sites for hydroxylation is 1. The lowest BCUT2D eigenvalue weighted by Crippen LogP contribution is -2.48. The molecule has 3 heterocycles. The van der Waals surface area contributed by atoms with Crippen LogP contribution in [0.1, 0.15) is 76.2 Å². The number of morpholine rings is 1. The molecule has 1 aliphatic heterocycles. The summed E-state index contributed by atoms with van der Waals surface area (Å²) in [5, 5.41) is 3.15. The van der Waals surface area contributed by atoms with Gasteiger partial charge in [-0.3, -0.25) is 19.3 Å². The average Bonchev–Trinajstić information content (AvgIpc) is 3.49. The summed E-state index contributed by atoms with van der Waals surface area (Å²) in [5.74, 6) is -0.565. The highest BCUT2D eigenvalue weighted by atomic mass is 32.1. The molecule has 0 unspecified atom stereocenters. The molecule has 11 nitrogen and oxygen atoms in total. The van der Waals surface area contributed by atoms with Gasteiger partial charge in [0.1, 0.15) is 16.4 Å². The lowest BCUT2D eigenvalue weighted by Gasteiger charge is -2.33. The minimum atomic E-state index is -0.994. The van der Waals surface area contributed by atoms with Gasteiger partial charge in [0.25, 0.3) is 17.7 Å². The van der Waals surface area contributed by atoms with Gasteiger partial charge in [-0.05, 0) is 49.9 Å². The molecule has 2 aromatic heterocycles. The van der Waals surface area contributed by atoms with Crippen molar-refractivity contribution in [3.05, 3.63) is 34.2 Å². The van der Waals surface area contributed by atoms with Crippen molar-refractivity contribution in [2.24, 2.45) is 5.73 Å². The topological polar surface area (TPSA) is 157 Å². The average molecular weight is 533 g/mol. The molecule has 1 saturated carbocycles. The van der Waals surface area contributed by atoms with Crippen molar-refractivity contribution in [1.29, 1.82) is 0 Å². The van der Waals surface area contributed by atoms with Crippen LogP contribution in [0.2, 0.25) is 0 Å². The molecule has 0 spiro atoms. The molecule has 4 rings (SSSR count). The summed E-state index contributed by atoms with van der Waals surface area (Å²) in [6, 6.07) is 2.57. The molecule has 2 fully saturated rings. The normalized spacial score (nSPS) is 17.9. The lowest BCUT2D eigenvalue weighted by atomic mass is 9.95. The van der Waals surface area contributed by atoms with Gasteiger partial charge < -0.3 is 30.8 Å². The molecule has 3 amide bonds. The van der Waals surface area contributed by atoms with Crippen LogP contribution < -0.4 is 16.8 Å². The van der Waals surface area contributed by atoms with E-state index in [4.69, 9.17) is 20.6 Å². The number of rotatable bonds is 10. The fraction of sp³-hybridized carbons (Fsp3) is 0.600. The Labute approximate surface area is 220 Å². The Morgan fingerprint density at radius 3 is 2.57 bits per heavy atom. The van der Waals surface area contributed by atoms with Crippen molar-refractivity contribution in [2.75, 3.05) is 45.1 Å². The predicted octanol–water partition coefficient (Wildman–Crippen LogP) is 2.08. The summed E-state index contributed by atoms with van der Waals surface area (Å²) in [6.45, 7) is 5.81. The molecule has 2 aromatic rings. The standard InChI is InChI=1S/C25H36N6O5S/c1-16-8-9-18(36-16)21(24(33)28-17-6-3-2-4-7-17)31(11-5-10-30-12-14-35-15-13-30)25(34)22-19(26)20(23(27)32)29-37-22/h8-9,17,21H,2-7,10-15,26H2,1H3,(H2,27,32)(H,28,33)/t21-/m1/s1. The third kappa shape index (κ3) is 6.68. The smallest absolute Gasteiger partial charge is 0.270 e. The van der Waals surface area contributed by atoms with Crippen molar-refractivity contribution in [1.82, 2.24) is 19.5 Å². The number of nitrogens with two attached hydrogens (primary N) is 2. The first kappa shape index (κ1) is 27.1. The Morgan fingerprint density at radius 2 is 1.95 bits per heavy atom. The second-order valence-electron chi connectivity index (χ2n) is 9.64. The summed E-state index contributed by atoms with van der Waals surface area (Å²) >= 11 is 0.811. The molecule has 0 aromatic carbocycles. The van der Waals surface area contributed by atoms with E-state index in [9.17, 15) is 14.4 Å². The second-order valence-corrected chi connectivity index (χ2v) is 10.4. The van der Waals surface area contributed by atoms with Crippen molar-refractivity contribution in [3.8, 4) is 0 Å². The monoisotopic (exact) mass is 532 g/mol. The van der Waals surface area contributed by atoms with Crippen molar-refractivity contribution >= 4 is 34.9 Å². The van der Waals surface area contributed by atoms with Gasteiger partial charge in [0.15, 0.2) is 11.7 Å². The number of furan rings is 1. The Hall–Kier alpha value is -2.96. The molecule has 1 atom stereocenters. The molecule has 1 saturated heterocycles. The Morgan fingerprint density at radius 1 is 1.22 bits per heavy atom. The summed E-state index contributed by atoms with van der Waals surface area (Å²) in [7, 11) is 0. The van der Waals surface area contributed by atoms with E-state index in [0.29, 0.717) is 31.2 Å². The molecule has 5 N–H and O–H groups in total. The Balaban J connectivity index is 1.63. The molecule has 202 valence electrons. The zero-order valence-corrected chi connectivity index (χ0v) is 22.1. The number of nitrogen functional groups attached to an aromatic ring is 1. The van der Waals surface area contributed by atoms with E-state index in [2.05, 4.69) is 14.6 Å². The quantitative estimate of drug-likeness (QED) is 0.420. The maximum Gasteiger partial charge on any atom is 0.270 e. The van der Waals surface area contributed by atoms with Gasteiger partial charge in [-0.25, -0.2) is 0 Å². The van der Waals surface area contributed by atoms with Gasteiger partial charge in [0, 0.05) is 32.2 Å². The number of primary amides is 1. The largest absolute Gasteiger partial charge is 0.464 e. The lowest BCUT2D eigenvalue weighted by molar-refractivity contribution is -0.127. The number of hydrogen-bond donors (Lipinski definition) is 3. The minimum absolute atomic E-state index is 0.0556. The molecule has 12 heteroatoms. The van der Waals surface area contributed by atoms with E-state index in [1.807, 2.05) is 0 Å². The molecule has 0 radical (unpaired) electrons. The number of aromatic nitrogens is 1. The zero-order chi connectivity index (χ0) is 26.4. The number of anilines is 1. The Bertz CT molecular complexity index is 1090. The van der Waals surface area contributed by atoms with Gasteiger partial charge >= 0.3 is 0 Å². The third-order valence-electron chi connectivity index (χ3n) is 6.94. The first-order chi connectivity index (χ1) is 17.8. The van der Waals surface area contributed by atoms with Crippen LogP contribution in [0.4, 0.5) is 5.69 Å². The molecule has 37 heavy (non-hydrogen) atoms. The number of carbonyl (C=O) groups is 3. The predicted molar refractivity (Wildman–Crippen MR) is 139 cm³/mol. The van der Waals surface area contributed by atoms with Crippen LogP contribution >= 0.6 is 11.5 Å². The Kier molecular flexibility index (Phi) is 9.17. The van der Waals surface area contributed by atoms with Gasteiger partial charge in [0.2, 0.25) is 0 Å². The van der Waals surface area contributed by atoms with Crippen LogP contribution in [0, 0.1) is 6.92 Å². The maximum absolute atomic E-state index is 13.9. The van der Waals surface area contributed by atoms with E-state index in [1.165, 1.54) is 4.90 Å². The number of nitrogens with one attached hydrogen (secondary N) is 1. The summed E-state index contributed by atoms with van der Waals surface area (Å²) in [4.78, 5) is 43.2. The summed E-state index contributed by atoms with van der Waals surface area (Å²) in [5.41, 5.74) is 11.3. The number of ether oxygens (including phenoxy) is 1. The number of amides is 3. The van der Waals surface area contributed by atoms with Crippen LogP contribution in [0.5, 0.6) is 0 Å². The van der Waals surface area contributed by atoms with Crippen molar-refractivity contribution < 1.29 is 23.5 Å². The fourth-order valence-electron chi connectivity index (χ4n) is 4.95. The highest BCUT2D eigenvalue weighted by Gasteiger charge is 2.37. The van der Waals surface area contributed by atoms with Crippen LogP contribution in [-0.2, 0) is 9.53 Å². The van der Waals surface area contributed by atoms with Gasteiger partial charge in [0.05, 0.1) is 18.9 Å². The van der Waals surface area contributed by atoms with E-state index in [-0.39, 0.29) is 34.8 Å². The van der Waals surface area contributed by atoms with E-state index >= 15 is 0 Å². The molecule has 2 aliphatic rings. The van der Waals surface area contributed by atoms with Gasteiger partial charge in [-0.2, -0.15) is 4.37 Å². The van der Waals surface area contributed by atoms with Crippen molar-refractivity contribution in [2.45, 2.75) is 57.5 Å². The number of carbonyl (C=O) groups excluding carboxylic acids is 3. The van der Waals surface area contributed by atoms with Crippen LogP contribution in [0.15, 0.2) is 16.5 Å².